The summed E-state index contributed by atoms with van der Waals surface area (Å²) < 4.78 is 0. The molecule has 0 aromatic heterocycles. The van der Waals surface area contributed by atoms with Gasteiger partial charge in [-0.2, -0.15) is 0 Å². The minimum absolute atomic E-state index is 0.169. The lowest BCUT2D eigenvalue weighted by atomic mass is 10.2. The fourth-order valence-corrected chi connectivity index (χ4v) is 1.56. The van der Waals surface area contributed by atoms with Crippen molar-refractivity contribution in [2.45, 2.75) is 32.2 Å². The largest absolute Gasteiger partial charge is 0.348 e. The van der Waals surface area contributed by atoms with Crippen molar-refractivity contribution in [1.82, 2.24) is 10.2 Å². The van der Waals surface area contributed by atoms with Crippen LogP contribution in [0.4, 0.5) is 0 Å². The average molecular weight is 184 g/mol. The molecule has 0 bridgehead atoms. The van der Waals surface area contributed by atoms with Crippen LogP contribution in [0.25, 0.3) is 0 Å². The number of hydrogen-bond acceptors (Lipinski definition) is 2. The predicted molar refractivity (Wildman–Crippen MR) is 53.5 cm³/mol. The maximum atomic E-state index is 11.2. The van der Waals surface area contributed by atoms with Crippen LogP contribution in [-0.2, 0) is 4.79 Å². The lowest BCUT2D eigenvalue weighted by Gasteiger charge is -2.10. The first-order valence-electron chi connectivity index (χ1n) is 5.08. The van der Waals surface area contributed by atoms with Gasteiger partial charge in [0.05, 0.1) is 6.54 Å². The molecule has 2 atom stereocenters. The standard InChI is InChI=1S/C10H20N2O/c1-4-5-8-6-9(8)11-7-10(13)12(2)3/h8-9,11H,4-7H2,1-3H3. The summed E-state index contributed by atoms with van der Waals surface area (Å²) in [7, 11) is 3.58. The Morgan fingerprint density at radius 1 is 1.54 bits per heavy atom. The van der Waals surface area contributed by atoms with Gasteiger partial charge in [0.1, 0.15) is 0 Å². The molecule has 0 heterocycles. The molecule has 1 fully saturated rings. The lowest BCUT2D eigenvalue weighted by molar-refractivity contribution is -0.127. The summed E-state index contributed by atoms with van der Waals surface area (Å²) in [4.78, 5) is 12.8. The molecule has 13 heavy (non-hydrogen) atoms. The van der Waals surface area contributed by atoms with E-state index in [1.54, 1.807) is 19.0 Å². The molecule has 1 amide bonds. The van der Waals surface area contributed by atoms with E-state index in [4.69, 9.17) is 0 Å². The van der Waals surface area contributed by atoms with Gasteiger partial charge in [-0.05, 0) is 18.8 Å². The van der Waals surface area contributed by atoms with Crippen LogP contribution >= 0.6 is 0 Å². The highest BCUT2D eigenvalue weighted by Crippen LogP contribution is 2.34. The molecule has 3 nitrogen and oxygen atoms in total. The first kappa shape index (κ1) is 10.5. The molecule has 0 aliphatic heterocycles. The number of hydrogen-bond donors (Lipinski definition) is 1. The third-order valence-corrected chi connectivity index (χ3v) is 2.60. The van der Waals surface area contributed by atoms with E-state index in [0.29, 0.717) is 12.6 Å². The molecule has 0 aromatic rings. The van der Waals surface area contributed by atoms with E-state index in [2.05, 4.69) is 12.2 Å². The van der Waals surface area contributed by atoms with E-state index in [0.717, 1.165) is 5.92 Å². The fourth-order valence-electron chi connectivity index (χ4n) is 1.56. The van der Waals surface area contributed by atoms with E-state index < -0.39 is 0 Å². The van der Waals surface area contributed by atoms with Gasteiger partial charge in [0.25, 0.3) is 0 Å². The molecular formula is C10H20N2O. The van der Waals surface area contributed by atoms with Gasteiger partial charge in [-0.15, -0.1) is 0 Å². The van der Waals surface area contributed by atoms with Crippen LogP contribution in [0.1, 0.15) is 26.2 Å². The SMILES string of the molecule is CCCC1CC1NCC(=O)N(C)C. The Labute approximate surface area is 80.5 Å². The van der Waals surface area contributed by atoms with Crippen molar-refractivity contribution in [2.24, 2.45) is 5.92 Å². The number of rotatable bonds is 5. The van der Waals surface area contributed by atoms with Gasteiger partial charge >= 0.3 is 0 Å². The quantitative estimate of drug-likeness (QED) is 0.687. The zero-order valence-corrected chi connectivity index (χ0v) is 8.84. The first-order valence-corrected chi connectivity index (χ1v) is 5.08. The Morgan fingerprint density at radius 2 is 2.23 bits per heavy atom. The van der Waals surface area contributed by atoms with Crippen molar-refractivity contribution >= 4 is 5.91 Å². The fraction of sp³-hybridized carbons (Fsp3) is 0.900. The monoisotopic (exact) mass is 184 g/mol. The Bertz CT molecular complexity index is 180. The molecule has 0 aromatic carbocycles. The number of nitrogens with zero attached hydrogens (tertiary/aromatic N) is 1. The molecule has 1 saturated carbocycles. The van der Waals surface area contributed by atoms with E-state index in [1.807, 2.05) is 0 Å². The van der Waals surface area contributed by atoms with Crippen LogP contribution < -0.4 is 5.32 Å². The van der Waals surface area contributed by atoms with Crippen LogP contribution in [0.3, 0.4) is 0 Å². The summed E-state index contributed by atoms with van der Waals surface area (Å²) in [6.07, 6.45) is 3.81. The average Bonchev–Trinajstić information content (AvgIpc) is 2.80. The molecule has 1 aliphatic carbocycles. The second kappa shape index (κ2) is 4.61. The van der Waals surface area contributed by atoms with Gasteiger partial charge in [-0.3, -0.25) is 4.79 Å². The van der Waals surface area contributed by atoms with E-state index in [-0.39, 0.29) is 5.91 Å². The maximum absolute atomic E-state index is 11.2. The van der Waals surface area contributed by atoms with Crippen molar-refractivity contribution in [3.63, 3.8) is 0 Å². The highest BCUT2D eigenvalue weighted by molar-refractivity contribution is 5.77. The molecular weight excluding hydrogens is 164 g/mol. The van der Waals surface area contributed by atoms with Gasteiger partial charge in [-0.25, -0.2) is 0 Å². The highest BCUT2D eigenvalue weighted by atomic mass is 16.2. The Balaban J connectivity index is 2.05. The summed E-state index contributed by atoms with van der Waals surface area (Å²) in [6.45, 7) is 2.71. The lowest BCUT2D eigenvalue weighted by Crippen LogP contribution is -2.34. The molecule has 76 valence electrons. The minimum atomic E-state index is 0.169. The van der Waals surface area contributed by atoms with Gasteiger partial charge in [0, 0.05) is 20.1 Å². The zero-order valence-electron chi connectivity index (χ0n) is 8.84. The van der Waals surface area contributed by atoms with Crippen molar-refractivity contribution in [3.05, 3.63) is 0 Å². The molecule has 1 rings (SSSR count). The zero-order chi connectivity index (χ0) is 9.84. The number of likely N-dealkylation sites (N-methyl/N-ethyl adjacent to an activating group) is 1. The molecule has 0 spiro atoms. The molecule has 1 N–H and O–H groups in total. The van der Waals surface area contributed by atoms with E-state index in [9.17, 15) is 4.79 Å². The summed E-state index contributed by atoms with van der Waals surface area (Å²) in [5.41, 5.74) is 0. The van der Waals surface area contributed by atoms with Crippen molar-refractivity contribution in [3.8, 4) is 0 Å². The summed E-state index contributed by atoms with van der Waals surface area (Å²) in [5, 5.41) is 3.28. The Morgan fingerprint density at radius 3 is 2.77 bits per heavy atom. The summed E-state index contributed by atoms with van der Waals surface area (Å²) in [5.74, 6) is 1.00. The summed E-state index contributed by atoms with van der Waals surface area (Å²) >= 11 is 0. The number of carbonyl (C=O) groups excluding carboxylic acids is 1. The third kappa shape index (κ3) is 3.35. The first-order chi connectivity index (χ1) is 6.15. The topological polar surface area (TPSA) is 32.3 Å². The molecule has 0 radical (unpaired) electrons. The molecule has 2 unspecified atom stereocenters. The van der Waals surface area contributed by atoms with Gasteiger partial charge in [0.2, 0.25) is 5.91 Å². The Kier molecular flexibility index (Phi) is 3.72. The third-order valence-electron chi connectivity index (χ3n) is 2.60. The van der Waals surface area contributed by atoms with E-state index >= 15 is 0 Å². The van der Waals surface area contributed by atoms with Crippen molar-refractivity contribution in [2.75, 3.05) is 20.6 Å². The predicted octanol–water partition coefficient (Wildman–Crippen LogP) is 0.853. The van der Waals surface area contributed by atoms with Crippen molar-refractivity contribution < 1.29 is 4.79 Å². The molecule has 3 heteroatoms. The minimum Gasteiger partial charge on any atom is -0.348 e. The second-order valence-corrected chi connectivity index (χ2v) is 4.06. The second-order valence-electron chi connectivity index (χ2n) is 4.06. The van der Waals surface area contributed by atoms with Crippen LogP contribution in [-0.4, -0.2) is 37.5 Å². The van der Waals surface area contributed by atoms with Crippen molar-refractivity contribution in [1.29, 1.82) is 0 Å². The van der Waals surface area contributed by atoms with Gasteiger partial charge < -0.3 is 10.2 Å². The summed E-state index contributed by atoms with van der Waals surface area (Å²) in [6, 6.07) is 0.615. The van der Waals surface area contributed by atoms with Gasteiger partial charge in [-0.1, -0.05) is 13.3 Å². The Hall–Kier alpha value is -0.570. The van der Waals surface area contributed by atoms with Crippen LogP contribution in [0.15, 0.2) is 0 Å². The van der Waals surface area contributed by atoms with Crippen LogP contribution in [0.5, 0.6) is 0 Å². The molecule has 1 aliphatic rings. The van der Waals surface area contributed by atoms with Gasteiger partial charge in [0.15, 0.2) is 0 Å². The smallest absolute Gasteiger partial charge is 0.236 e. The molecule has 0 saturated heterocycles. The normalized spacial score (nSPS) is 25.8. The highest BCUT2D eigenvalue weighted by Gasteiger charge is 2.35. The number of nitrogens with one attached hydrogen (secondary N) is 1. The van der Waals surface area contributed by atoms with E-state index in [1.165, 1.54) is 19.3 Å². The van der Waals surface area contributed by atoms with Crippen LogP contribution in [0.2, 0.25) is 0 Å². The van der Waals surface area contributed by atoms with Crippen LogP contribution in [0, 0.1) is 5.92 Å². The maximum Gasteiger partial charge on any atom is 0.236 e. The number of amides is 1. The number of carbonyl (C=O) groups is 1.